The maximum absolute atomic E-state index is 16.4. The summed E-state index contributed by atoms with van der Waals surface area (Å²) in [7, 11) is 3.58. The number of ketones is 2. The molecule has 0 aliphatic heterocycles. The number of nitrogens with zero attached hydrogens (tertiary/aromatic N) is 4. The van der Waals surface area contributed by atoms with E-state index in [2.05, 4.69) is 40.0 Å². The zero-order chi connectivity index (χ0) is 45.3. The van der Waals surface area contributed by atoms with Crippen molar-refractivity contribution in [1.82, 2.24) is 19.6 Å². The Morgan fingerprint density at radius 3 is 1.56 bits per heavy atom. The lowest BCUT2D eigenvalue weighted by atomic mass is 9.48. The molecule has 8 fully saturated rings. The first kappa shape index (κ1) is 47.1. The van der Waals surface area contributed by atoms with Crippen LogP contribution in [0.15, 0.2) is 24.8 Å². The molecule has 63 heavy (non-hydrogen) atoms. The average Bonchev–Trinajstić information content (AvgIpc) is 4.01. The molecule has 8 aliphatic carbocycles. The average molecular weight is 946 g/mol. The summed E-state index contributed by atoms with van der Waals surface area (Å²) in [5.74, 6) is 3.57. The second kappa shape index (κ2) is 17.4. The van der Waals surface area contributed by atoms with Gasteiger partial charge in [0.25, 0.3) is 0 Å². The fourth-order valence-corrected chi connectivity index (χ4v) is 16.6. The lowest BCUT2D eigenvalue weighted by Crippen LogP contribution is -2.58. The Morgan fingerprint density at radius 2 is 1.14 bits per heavy atom. The Balaban J connectivity index is 0.000000152. The molecular weight excluding hydrogens is 870 g/mol. The van der Waals surface area contributed by atoms with Crippen LogP contribution in [-0.4, -0.2) is 80.9 Å². The van der Waals surface area contributed by atoms with Crippen molar-refractivity contribution in [3.8, 4) is 11.5 Å². The maximum atomic E-state index is 16.4. The number of alkyl halides is 3. The number of Topliss-reactive ketones (excluding diaryl/α,β-unsaturated/α-hetero) is 2. The van der Waals surface area contributed by atoms with Gasteiger partial charge in [-0.1, -0.05) is 29.8 Å². The van der Waals surface area contributed by atoms with E-state index in [0.29, 0.717) is 79.1 Å². The summed E-state index contributed by atoms with van der Waals surface area (Å²) in [4.78, 5) is 25.6. The van der Waals surface area contributed by atoms with Crippen LogP contribution in [0.5, 0.6) is 11.5 Å². The third-order valence-electron chi connectivity index (χ3n) is 19.3. The molecule has 2 aromatic rings. The van der Waals surface area contributed by atoms with Crippen molar-refractivity contribution in [2.45, 2.75) is 166 Å². The minimum atomic E-state index is -1.13. The van der Waals surface area contributed by atoms with Crippen molar-refractivity contribution >= 4 is 27.5 Å². The highest BCUT2D eigenvalue weighted by atomic mass is 79.9. The molecule has 2 aromatic heterocycles. The van der Waals surface area contributed by atoms with Gasteiger partial charge in [-0.05, 0) is 188 Å². The Morgan fingerprint density at radius 1 is 0.667 bits per heavy atom. The molecule has 0 aromatic carbocycles. The second-order valence-corrected chi connectivity index (χ2v) is 23.5. The second-order valence-electron chi connectivity index (χ2n) is 23.0. The number of aliphatic hydroxyl groups is 2. The van der Waals surface area contributed by atoms with E-state index in [-0.39, 0.29) is 64.5 Å². The van der Waals surface area contributed by atoms with Gasteiger partial charge in [0, 0.05) is 25.9 Å². The molecular formula is C50H75BrF2N4O6. The molecule has 10 nitrogen and oxygen atoms in total. The predicted molar refractivity (Wildman–Crippen MR) is 241 cm³/mol. The summed E-state index contributed by atoms with van der Waals surface area (Å²) >= 11 is 3.37. The highest BCUT2D eigenvalue weighted by molar-refractivity contribution is 9.09. The van der Waals surface area contributed by atoms with Gasteiger partial charge in [-0.3, -0.25) is 19.0 Å². The van der Waals surface area contributed by atoms with E-state index in [9.17, 15) is 19.8 Å². The smallest absolute Gasteiger partial charge is 0.173 e. The van der Waals surface area contributed by atoms with Crippen molar-refractivity contribution in [2.75, 3.05) is 11.9 Å². The van der Waals surface area contributed by atoms with Crippen LogP contribution in [0.3, 0.4) is 0 Å². The van der Waals surface area contributed by atoms with E-state index in [1.807, 2.05) is 20.9 Å². The Hall–Kier alpha value is -2.38. The van der Waals surface area contributed by atoms with Gasteiger partial charge in [-0.15, -0.1) is 0 Å². The van der Waals surface area contributed by atoms with Crippen molar-refractivity contribution in [3.63, 3.8) is 0 Å². The number of rotatable bonds is 6. The Bertz CT molecular complexity index is 1960. The van der Waals surface area contributed by atoms with E-state index >= 15 is 8.78 Å². The minimum absolute atomic E-state index is 0.00595. The molecule has 8 aliphatic rings. The molecule has 0 amide bonds. The third kappa shape index (κ3) is 8.73. The number of hydrogen-bond acceptors (Lipinski definition) is 8. The van der Waals surface area contributed by atoms with Gasteiger partial charge in [0.1, 0.15) is 23.7 Å². The minimum Gasteiger partial charge on any atom is -0.505 e. The zero-order valence-electron chi connectivity index (χ0n) is 38.7. The largest absolute Gasteiger partial charge is 0.505 e. The number of carbonyl (C=O) groups is 2. The summed E-state index contributed by atoms with van der Waals surface area (Å²) in [6.45, 7) is 8.45. The first-order valence-electron chi connectivity index (χ1n) is 24.4. The predicted octanol–water partition coefficient (Wildman–Crippen LogP) is 9.67. The summed E-state index contributed by atoms with van der Waals surface area (Å²) in [5.41, 5.74) is -3.57. The normalized spacial score (nSPS) is 45.9. The summed E-state index contributed by atoms with van der Waals surface area (Å²) in [6, 6.07) is 0. The van der Waals surface area contributed by atoms with Gasteiger partial charge < -0.3 is 20.1 Å². The number of ether oxygens (including phenoxy) is 1. The van der Waals surface area contributed by atoms with Gasteiger partial charge in [-0.2, -0.15) is 10.2 Å². The molecule has 0 saturated heterocycles. The molecule has 0 bridgehead atoms. The van der Waals surface area contributed by atoms with E-state index in [4.69, 9.17) is 9.84 Å². The molecule has 16 atom stereocenters. The number of fused-ring (bicyclic) bond motifs is 10. The number of aromatic hydroxyl groups is 1. The van der Waals surface area contributed by atoms with E-state index < -0.39 is 22.5 Å². The van der Waals surface area contributed by atoms with Crippen molar-refractivity contribution in [2.24, 2.45) is 84.1 Å². The highest BCUT2D eigenvalue weighted by Crippen LogP contribution is 2.68. The van der Waals surface area contributed by atoms with Gasteiger partial charge in [0.05, 0.1) is 41.3 Å². The van der Waals surface area contributed by atoms with Crippen LogP contribution >= 0.6 is 15.9 Å². The molecule has 352 valence electrons. The van der Waals surface area contributed by atoms with Crippen LogP contribution in [0.2, 0.25) is 0 Å². The highest BCUT2D eigenvalue weighted by Gasteiger charge is 2.65. The van der Waals surface area contributed by atoms with Crippen LogP contribution in [0.25, 0.3) is 0 Å². The molecule has 10 rings (SSSR count). The SMILES string of the molecule is C[C@@]1(O)CC[C@@]2(F)[C@H](CC[C@H]3[C@@H]4CC[C@H](C(=O)CBr)[C@@]4(C)CC[C@@H]32)C1.Cn1cc(O)cn1.Cn1cc(OCC(=O)[C@H]2CC[C@H]3[C@@H]4CC[C@@H]5C[C@](C)(O)CC[C@]5(F)[C@H]4CC[C@]23C)cn1. The summed E-state index contributed by atoms with van der Waals surface area (Å²) in [5, 5.41) is 37.8. The van der Waals surface area contributed by atoms with Gasteiger partial charge in [0.15, 0.2) is 17.3 Å². The van der Waals surface area contributed by atoms with E-state index in [1.165, 1.54) is 17.1 Å². The molecule has 3 N–H and O–H groups in total. The first-order valence-corrected chi connectivity index (χ1v) is 25.5. The quantitative estimate of drug-likeness (QED) is 0.244. The van der Waals surface area contributed by atoms with Crippen LogP contribution in [0.1, 0.15) is 143 Å². The van der Waals surface area contributed by atoms with Gasteiger partial charge >= 0.3 is 0 Å². The maximum Gasteiger partial charge on any atom is 0.173 e. The van der Waals surface area contributed by atoms with Crippen LogP contribution in [-0.2, 0) is 23.7 Å². The topological polar surface area (TPSA) is 140 Å². The van der Waals surface area contributed by atoms with E-state index in [0.717, 1.165) is 77.0 Å². The third-order valence-corrected chi connectivity index (χ3v) is 19.8. The summed E-state index contributed by atoms with van der Waals surface area (Å²) in [6.07, 6.45) is 21.4. The van der Waals surface area contributed by atoms with Crippen LogP contribution < -0.4 is 4.74 Å². The monoisotopic (exact) mass is 944 g/mol. The number of hydrogen-bond donors (Lipinski definition) is 3. The number of aromatic nitrogens is 4. The van der Waals surface area contributed by atoms with E-state index in [1.54, 1.807) is 24.1 Å². The van der Waals surface area contributed by atoms with Crippen LogP contribution in [0, 0.1) is 70.0 Å². The lowest BCUT2D eigenvalue weighted by molar-refractivity contribution is -0.166. The molecule has 2 heterocycles. The van der Waals surface area contributed by atoms with Gasteiger partial charge in [0.2, 0.25) is 0 Å². The van der Waals surface area contributed by atoms with Crippen LogP contribution in [0.4, 0.5) is 8.78 Å². The standard InChI is InChI=1S/C25H37FN2O3.C21H32BrFO2.C4H6N2O/c1-23(30)10-11-25(26)16(12-23)4-5-18-19-6-7-21(24(19,2)9-8-20(18)25)22(29)15-31-17-13-27-28(3)14-17;1-19(25)9-10-21(23)13(11-19)3-4-14-15-5-6-17(18(24)12-22)20(15,2)8-7-16(14)21;1-6-3-4(7)2-5-6/h13-14,16,18-21,30H,4-12,15H2,1-3H3;13-17,25H,3-12H2,1-2H3;2-3,7H,1H3/t16-,18+,19+,20+,21-,23-,24+,25-;13-,14+,15+,16+,17-,19-,20+,21-;/m11./s1. The van der Waals surface area contributed by atoms with Crippen molar-refractivity contribution < 1.29 is 38.4 Å². The Kier molecular flexibility index (Phi) is 13.0. The molecule has 0 radical (unpaired) electrons. The molecule has 8 saturated carbocycles. The zero-order valence-corrected chi connectivity index (χ0v) is 40.3. The Labute approximate surface area is 382 Å². The van der Waals surface area contributed by atoms with Crippen molar-refractivity contribution in [3.05, 3.63) is 24.8 Å². The fourth-order valence-electron chi connectivity index (χ4n) is 16.2. The number of carbonyl (C=O) groups excluding carboxylic acids is 2. The summed E-state index contributed by atoms with van der Waals surface area (Å²) < 4.78 is 41.6. The fraction of sp³-hybridized carbons (Fsp3) is 0.840. The van der Waals surface area contributed by atoms with Gasteiger partial charge in [-0.25, -0.2) is 8.78 Å². The molecule has 0 unspecified atom stereocenters. The number of halogens is 3. The molecule has 13 heteroatoms. The number of aryl methyl sites for hydroxylation is 2. The van der Waals surface area contributed by atoms with Crippen molar-refractivity contribution in [1.29, 1.82) is 0 Å². The molecule has 0 spiro atoms. The first-order chi connectivity index (χ1) is 29.6. The lowest BCUT2D eigenvalue weighted by Gasteiger charge is -2.59.